The maximum absolute atomic E-state index is 12.1. The molecule has 0 atom stereocenters. The third kappa shape index (κ3) is 3.77. The highest BCUT2D eigenvalue weighted by Gasteiger charge is 2.15. The van der Waals surface area contributed by atoms with Crippen LogP contribution < -0.4 is 19.0 Å². The second kappa shape index (κ2) is 7.69. The Balaban J connectivity index is 2.27. The molecule has 0 heterocycles. The Bertz CT molecular complexity index is 820. The quantitative estimate of drug-likeness (QED) is 0.610. The Morgan fingerprint density at radius 1 is 0.917 bits per heavy atom. The highest BCUT2D eigenvalue weighted by Crippen LogP contribution is 2.38. The van der Waals surface area contributed by atoms with E-state index in [9.17, 15) is 8.42 Å². The molecule has 2 aromatic rings. The average Bonchev–Trinajstić information content (AvgIpc) is 2.61. The van der Waals surface area contributed by atoms with Crippen molar-refractivity contribution < 1.29 is 22.6 Å². The van der Waals surface area contributed by atoms with Crippen LogP contribution in [0.4, 0.5) is 0 Å². The fourth-order valence-corrected chi connectivity index (χ4v) is 2.86. The van der Waals surface area contributed by atoms with Gasteiger partial charge in [0, 0.05) is 5.56 Å². The lowest BCUT2D eigenvalue weighted by molar-refractivity contribution is 0.324. The van der Waals surface area contributed by atoms with E-state index < -0.39 is 10.0 Å². The third-order valence-corrected chi connectivity index (χ3v) is 4.40. The van der Waals surface area contributed by atoms with Crippen molar-refractivity contribution in [3.63, 3.8) is 0 Å². The minimum atomic E-state index is -3.72. The summed E-state index contributed by atoms with van der Waals surface area (Å²) in [6.45, 7) is 0. The van der Waals surface area contributed by atoms with E-state index in [2.05, 4.69) is 9.93 Å². The number of methoxy groups -OCH3 is 3. The SMILES string of the molecule is COc1ccc(C=NNS(=O)(=O)c2ccccc2)c(OC)c1OC. The van der Waals surface area contributed by atoms with Crippen molar-refractivity contribution in [1.29, 1.82) is 0 Å². The average molecular weight is 350 g/mol. The lowest BCUT2D eigenvalue weighted by atomic mass is 10.2. The molecule has 7 nitrogen and oxygen atoms in total. The number of hydrogen-bond acceptors (Lipinski definition) is 6. The molecule has 0 radical (unpaired) electrons. The van der Waals surface area contributed by atoms with Crippen molar-refractivity contribution in [3.05, 3.63) is 48.0 Å². The van der Waals surface area contributed by atoms with E-state index in [1.54, 1.807) is 30.3 Å². The zero-order valence-electron chi connectivity index (χ0n) is 13.5. The van der Waals surface area contributed by atoms with E-state index >= 15 is 0 Å². The number of hydrogen-bond donors (Lipinski definition) is 1. The van der Waals surface area contributed by atoms with Crippen LogP contribution in [-0.2, 0) is 10.0 Å². The maximum Gasteiger partial charge on any atom is 0.276 e. The van der Waals surface area contributed by atoms with E-state index in [1.165, 1.54) is 39.7 Å². The number of sulfonamides is 1. The summed E-state index contributed by atoms with van der Waals surface area (Å²) in [5, 5.41) is 3.79. The summed E-state index contributed by atoms with van der Waals surface area (Å²) in [5.41, 5.74) is 0.533. The summed E-state index contributed by atoms with van der Waals surface area (Å²) in [6, 6.07) is 11.3. The van der Waals surface area contributed by atoms with Gasteiger partial charge in [0.15, 0.2) is 11.5 Å². The molecule has 0 aliphatic heterocycles. The number of nitrogens with one attached hydrogen (secondary N) is 1. The minimum Gasteiger partial charge on any atom is -0.493 e. The van der Waals surface area contributed by atoms with Crippen molar-refractivity contribution in [2.45, 2.75) is 4.90 Å². The van der Waals surface area contributed by atoms with Gasteiger partial charge in [-0.25, -0.2) is 4.83 Å². The van der Waals surface area contributed by atoms with Gasteiger partial charge in [-0.1, -0.05) is 18.2 Å². The second-order valence-electron chi connectivity index (χ2n) is 4.59. The van der Waals surface area contributed by atoms with Crippen molar-refractivity contribution in [3.8, 4) is 17.2 Å². The Morgan fingerprint density at radius 2 is 1.58 bits per heavy atom. The number of ether oxygens (including phenoxy) is 3. The molecule has 8 heteroatoms. The van der Waals surface area contributed by atoms with Gasteiger partial charge < -0.3 is 14.2 Å². The van der Waals surface area contributed by atoms with Crippen LogP contribution in [0.15, 0.2) is 52.5 Å². The van der Waals surface area contributed by atoms with Gasteiger partial charge in [0.1, 0.15) is 0 Å². The molecule has 0 bridgehead atoms. The molecule has 24 heavy (non-hydrogen) atoms. The number of benzene rings is 2. The molecular formula is C16H18N2O5S. The Kier molecular flexibility index (Phi) is 5.64. The van der Waals surface area contributed by atoms with Crippen LogP contribution in [-0.4, -0.2) is 36.0 Å². The van der Waals surface area contributed by atoms with Crippen LogP contribution in [0.5, 0.6) is 17.2 Å². The zero-order valence-corrected chi connectivity index (χ0v) is 14.3. The second-order valence-corrected chi connectivity index (χ2v) is 6.25. The van der Waals surface area contributed by atoms with Crippen molar-refractivity contribution in [1.82, 2.24) is 4.83 Å². The Hall–Kier alpha value is -2.74. The molecule has 0 aliphatic rings. The predicted octanol–water partition coefficient (Wildman–Crippen LogP) is 2.02. The van der Waals surface area contributed by atoms with Gasteiger partial charge in [-0.2, -0.15) is 13.5 Å². The Morgan fingerprint density at radius 3 is 2.17 bits per heavy atom. The first-order valence-electron chi connectivity index (χ1n) is 6.92. The molecule has 0 aromatic heterocycles. The van der Waals surface area contributed by atoms with Gasteiger partial charge in [-0.15, -0.1) is 0 Å². The highest BCUT2D eigenvalue weighted by atomic mass is 32.2. The lowest BCUT2D eigenvalue weighted by Crippen LogP contribution is -2.18. The van der Waals surface area contributed by atoms with Gasteiger partial charge in [0.25, 0.3) is 10.0 Å². The van der Waals surface area contributed by atoms with Gasteiger partial charge in [0.05, 0.1) is 32.4 Å². The summed E-state index contributed by atoms with van der Waals surface area (Å²) in [5.74, 6) is 1.28. The molecule has 2 rings (SSSR count). The predicted molar refractivity (Wildman–Crippen MR) is 90.5 cm³/mol. The number of rotatable bonds is 7. The van der Waals surface area contributed by atoms with Crippen molar-refractivity contribution >= 4 is 16.2 Å². The lowest BCUT2D eigenvalue weighted by Gasteiger charge is -2.13. The molecular weight excluding hydrogens is 332 g/mol. The van der Waals surface area contributed by atoms with Crippen LogP contribution in [0.25, 0.3) is 0 Å². The molecule has 0 saturated carbocycles. The van der Waals surface area contributed by atoms with Gasteiger partial charge in [0.2, 0.25) is 5.75 Å². The van der Waals surface area contributed by atoms with E-state index in [1.807, 2.05) is 0 Å². The molecule has 128 valence electrons. The van der Waals surface area contributed by atoms with E-state index in [0.717, 1.165) is 0 Å². The summed E-state index contributed by atoms with van der Waals surface area (Å²) < 4.78 is 40.0. The van der Waals surface area contributed by atoms with E-state index in [0.29, 0.717) is 22.8 Å². The van der Waals surface area contributed by atoms with E-state index in [4.69, 9.17) is 14.2 Å². The maximum atomic E-state index is 12.1. The van der Waals surface area contributed by atoms with Gasteiger partial charge >= 0.3 is 0 Å². The monoisotopic (exact) mass is 350 g/mol. The van der Waals surface area contributed by atoms with Crippen molar-refractivity contribution in [2.75, 3.05) is 21.3 Å². The molecule has 0 fully saturated rings. The first-order chi connectivity index (χ1) is 11.5. The molecule has 0 unspecified atom stereocenters. The smallest absolute Gasteiger partial charge is 0.276 e. The largest absolute Gasteiger partial charge is 0.493 e. The molecule has 0 spiro atoms. The molecule has 1 N–H and O–H groups in total. The summed E-state index contributed by atoms with van der Waals surface area (Å²) in [7, 11) is 0.750. The fraction of sp³-hybridized carbons (Fsp3) is 0.188. The minimum absolute atomic E-state index is 0.126. The van der Waals surface area contributed by atoms with Crippen LogP contribution in [0.2, 0.25) is 0 Å². The summed E-state index contributed by atoms with van der Waals surface area (Å²) in [6.07, 6.45) is 1.33. The number of hydrazone groups is 1. The molecule has 0 amide bonds. The van der Waals surface area contributed by atoms with Crippen LogP contribution in [0.3, 0.4) is 0 Å². The van der Waals surface area contributed by atoms with Gasteiger partial charge in [-0.05, 0) is 24.3 Å². The number of nitrogens with zero attached hydrogens (tertiary/aromatic N) is 1. The topological polar surface area (TPSA) is 86.2 Å². The molecule has 2 aromatic carbocycles. The Labute approximate surface area is 140 Å². The summed E-state index contributed by atoms with van der Waals surface area (Å²) in [4.78, 5) is 2.28. The highest BCUT2D eigenvalue weighted by molar-refractivity contribution is 7.89. The first-order valence-corrected chi connectivity index (χ1v) is 8.40. The first kappa shape index (κ1) is 17.6. The normalized spacial score (nSPS) is 11.3. The van der Waals surface area contributed by atoms with E-state index in [-0.39, 0.29) is 4.90 Å². The molecule has 0 aliphatic carbocycles. The van der Waals surface area contributed by atoms with Crippen LogP contribution in [0.1, 0.15) is 5.56 Å². The summed E-state index contributed by atoms with van der Waals surface area (Å²) >= 11 is 0. The van der Waals surface area contributed by atoms with Crippen LogP contribution >= 0.6 is 0 Å². The third-order valence-electron chi connectivity index (χ3n) is 3.16. The zero-order chi connectivity index (χ0) is 17.6. The van der Waals surface area contributed by atoms with Crippen molar-refractivity contribution in [2.24, 2.45) is 5.10 Å². The fourth-order valence-electron chi connectivity index (χ4n) is 2.04. The van der Waals surface area contributed by atoms with Crippen LogP contribution in [0, 0.1) is 0 Å². The van der Waals surface area contributed by atoms with Gasteiger partial charge in [-0.3, -0.25) is 0 Å². The molecule has 0 saturated heterocycles. The standard InChI is InChI=1S/C16H18N2O5S/c1-21-14-10-9-12(15(22-2)16(14)23-3)11-17-18-24(19,20)13-7-5-4-6-8-13/h4-11,18H,1-3H3.